The molecule has 0 saturated heterocycles. The molecule has 0 aliphatic heterocycles. The highest BCUT2D eigenvalue weighted by Crippen LogP contribution is 2.57. The van der Waals surface area contributed by atoms with Gasteiger partial charge in [-0.05, 0) is 62.3 Å². The third kappa shape index (κ3) is 3.21. The molecule has 0 atom stereocenters. The van der Waals surface area contributed by atoms with Gasteiger partial charge in [-0.1, -0.05) is 19.6 Å². The SMILES string of the molecule is C[Si](C)(C)CCNC(=O)OC12CC3CC(CC(C3)C1)C2. The van der Waals surface area contributed by atoms with Crippen molar-refractivity contribution in [2.75, 3.05) is 6.54 Å². The van der Waals surface area contributed by atoms with Crippen LogP contribution in [0, 0.1) is 17.8 Å². The second kappa shape index (κ2) is 5.04. The molecule has 4 aliphatic carbocycles. The largest absolute Gasteiger partial charge is 0.443 e. The van der Waals surface area contributed by atoms with E-state index >= 15 is 0 Å². The van der Waals surface area contributed by atoms with Gasteiger partial charge >= 0.3 is 6.09 Å². The molecule has 0 unspecified atom stereocenters. The van der Waals surface area contributed by atoms with Crippen LogP contribution in [0.15, 0.2) is 0 Å². The normalized spacial score (nSPS) is 38.9. The molecule has 4 aliphatic rings. The summed E-state index contributed by atoms with van der Waals surface area (Å²) >= 11 is 0. The first kappa shape index (κ1) is 14.4. The predicted molar refractivity (Wildman–Crippen MR) is 83.5 cm³/mol. The highest BCUT2D eigenvalue weighted by Gasteiger charge is 2.53. The molecule has 0 aromatic carbocycles. The van der Waals surface area contributed by atoms with E-state index in [1.807, 2.05) is 0 Å². The van der Waals surface area contributed by atoms with Crippen LogP contribution >= 0.6 is 0 Å². The maximum atomic E-state index is 12.1. The van der Waals surface area contributed by atoms with Gasteiger partial charge in [0.15, 0.2) is 0 Å². The van der Waals surface area contributed by atoms with Crippen LogP contribution in [0.4, 0.5) is 4.79 Å². The fraction of sp³-hybridized carbons (Fsp3) is 0.938. The van der Waals surface area contributed by atoms with Gasteiger partial charge in [0, 0.05) is 14.6 Å². The van der Waals surface area contributed by atoms with Crippen LogP contribution in [0.2, 0.25) is 25.7 Å². The minimum Gasteiger partial charge on any atom is -0.443 e. The Morgan fingerprint density at radius 2 is 1.60 bits per heavy atom. The van der Waals surface area contributed by atoms with E-state index < -0.39 is 8.07 Å². The Kier molecular flexibility index (Phi) is 3.64. The van der Waals surface area contributed by atoms with Crippen LogP contribution in [0.25, 0.3) is 0 Å². The third-order valence-corrected chi connectivity index (χ3v) is 7.19. The molecule has 4 bridgehead atoms. The lowest BCUT2D eigenvalue weighted by Crippen LogP contribution is -2.53. The standard InChI is InChI=1S/C16H29NO2Si/c1-20(2,3)5-4-17-15(18)19-16-9-12-6-13(10-16)8-14(7-12)11-16/h12-14H,4-11H2,1-3H3,(H,17,18). The van der Waals surface area contributed by atoms with Crippen LogP contribution in [0.3, 0.4) is 0 Å². The number of amides is 1. The van der Waals surface area contributed by atoms with Crippen molar-refractivity contribution in [3.05, 3.63) is 0 Å². The molecule has 0 radical (unpaired) electrons. The van der Waals surface area contributed by atoms with Crippen molar-refractivity contribution in [3.8, 4) is 0 Å². The number of ether oxygens (including phenoxy) is 1. The molecule has 0 heterocycles. The van der Waals surface area contributed by atoms with Crippen LogP contribution in [-0.2, 0) is 4.74 Å². The number of nitrogens with one attached hydrogen (secondary N) is 1. The Morgan fingerprint density at radius 3 is 2.05 bits per heavy atom. The minimum atomic E-state index is -1.08. The highest BCUT2D eigenvalue weighted by molar-refractivity contribution is 6.76. The molecule has 1 amide bonds. The molecule has 0 aromatic rings. The first-order valence-corrected chi connectivity index (χ1v) is 12.0. The summed E-state index contributed by atoms with van der Waals surface area (Å²) in [7, 11) is -1.08. The van der Waals surface area contributed by atoms with Crippen LogP contribution in [0.1, 0.15) is 38.5 Å². The van der Waals surface area contributed by atoms with E-state index in [-0.39, 0.29) is 11.7 Å². The van der Waals surface area contributed by atoms with E-state index in [4.69, 9.17) is 4.74 Å². The zero-order chi connectivity index (χ0) is 14.4. The molecular weight excluding hydrogens is 266 g/mol. The topological polar surface area (TPSA) is 38.3 Å². The summed E-state index contributed by atoms with van der Waals surface area (Å²) in [6.45, 7) is 7.78. The van der Waals surface area contributed by atoms with Gasteiger partial charge in [0.05, 0.1) is 0 Å². The molecule has 0 aromatic heterocycles. The summed E-state index contributed by atoms with van der Waals surface area (Å²) in [5.41, 5.74) is -0.0992. The first-order chi connectivity index (χ1) is 9.34. The number of hydrogen-bond donors (Lipinski definition) is 1. The van der Waals surface area contributed by atoms with E-state index in [2.05, 4.69) is 25.0 Å². The van der Waals surface area contributed by atoms with E-state index in [1.54, 1.807) is 0 Å². The summed E-state index contributed by atoms with van der Waals surface area (Å²) in [5.74, 6) is 2.49. The molecule has 20 heavy (non-hydrogen) atoms. The molecule has 0 spiro atoms. The predicted octanol–water partition coefficient (Wildman–Crippen LogP) is 4.02. The van der Waals surface area contributed by atoms with Gasteiger partial charge in [-0.2, -0.15) is 0 Å². The first-order valence-electron chi connectivity index (χ1n) is 8.30. The van der Waals surface area contributed by atoms with Gasteiger partial charge in [0.2, 0.25) is 0 Å². The van der Waals surface area contributed by atoms with Gasteiger partial charge in [-0.25, -0.2) is 4.79 Å². The zero-order valence-corrected chi connectivity index (χ0v) is 14.2. The number of carbonyl (C=O) groups is 1. The Labute approximate surface area is 123 Å². The van der Waals surface area contributed by atoms with Crippen LogP contribution in [-0.4, -0.2) is 26.3 Å². The summed E-state index contributed by atoms with van der Waals surface area (Å²) in [6.07, 6.45) is 7.38. The van der Waals surface area contributed by atoms with E-state index in [0.717, 1.165) is 49.6 Å². The Balaban J connectivity index is 1.51. The van der Waals surface area contributed by atoms with E-state index in [0.29, 0.717) is 0 Å². The van der Waals surface area contributed by atoms with Crippen LogP contribution < -0.4 is 5.32 Å². The smallest absolute Gasteiger partial charge is 0.407 e. The molecular formula is C16H29NO2Si. The average Bonchev–Trinajstić information content (AvgIpc) is 2.23. The number of carbonyl (C=O) groups excluding carboxylic acids is 1. The molecule has 4 heteroatoms. The van der Waals surface area contributed by atoms with Crippen molar-refractivity contribution in [1.82, 2.24) is 5.32 Å². The summed E-state index contributed by atoms with van der Waals surface area (Å²) < 4.78 is 5.93. The number of alkyl carbamates (subject to hydrolysis) is 1. The van der Waals surface area contributed by atoms with Crippen molar-refractivity contribution in [2.45, 2.75) is 69.8 Å². The van der Waals surface area contributed by atoms with Gasteiger partial charge in [0.25, 0.3) is 0 Å². The Bertz CT molecular complexity index is 353. The summed E-state index contributed by atoms with van der Waals surface area (Å²) in [5, 5.41) is 2.99. The number of hydrogen-bond acceptors (Lipinski definition) is 2. The average molecular weight is 295 g/mol. The van der Waals surface area contributed by atoms with Gasteiger partial charge in [-0.15, -0.1) is 0 Å². The van der Waals surface area contributed by atoms with Gasteiger partial charge in [-0.3, -0.25) is 0 Å². The number of rotatable bonds is 4. The Morgan fingerprint density at radius 1 is 1.10 bits per heavy atom. The van der Waals surface area contributed by atoms with Gasteiger partial charge < -0.3 is 10.1 Å². The van der Waals surface area contributed by atoms with Crippen molar-refractivity contribution in [1.29, 1.82) is 0 Å². The zero-order valence-electron chi connectivity index (χ0n) is 13.2. The van der Waals surface area contributed by atoms with Crippen molar-refractivity contribution in [3.63, 3.8) is 0 Å². The molecule has 4 rings (SSSR count). The minimum absolute atomic E-state index is 0.0992. The third-order valence-electron chi connectivity index (χ3n) is 5.44. The van der Waals surface area contributed by atoms with Crippen molar-refractivity contribution in [2.24, 2.45) is 17.8 Å². The second-order valence-corrected chi connectivity index (χ2v) is 14.3. The summed E-state index contributed by atoms with van der Waals surface area (Å²) in [6, 6.07) is 1.13. The lowest BCUT2D eigenvalue weighted by atomic mass is 9.54. The molecule has 114 valence electrons. The lowest BCUT2D eigenvalue weighted by molar-refractivity contribution is -0.127. The van der Waals surface area contributed by atoms with Crippen molar-refractivity contribution >= 4 is 14.2 Å². The molecule has 1 N–H and O–H groups in total. The van der Waals surface area contributed by atoms with E-state index in [1.165, 1.54) is 19.3 Å². The second-order valence-electron chi connectivity index (χ2n) is 8.73. The maximum absolute atomic E-state index is 12.1. The molecule has 3 nitrogen and oxygen atoms in total. The monoisotopic (exact) mass is 295 g/mol. The highest BCUT2D eigenvalue weighted by atomic mass is 28.3. The molecule has 4 saturated carbocycles. The fourth-order valence-corrected chi connectivity index (χ4v) is 5.80. The lowest BCUT2D eigenvalue weighted by Gasteiger charge is -2.55. The van der Waals surface area contributed by atoms with Crippen molar-refractivity contribution < 1.29 is 9.53 Å². The quantitative estimate of drug-likeness (QED) is 0.796. The molecule has 4 fully saturated rings. The fourth-order valence-electron chi connectivity index (χ4n) is 4.93. The maximum Gasteiger partial charge on any atom is 0.407 e. The van der Waals surface area contributed by atoms with Gasteiger partial charge in [0.1, 0.15) is 5.60 Å². The van der Waals surface area contributed by atoms with Crippen LogP contribution in [0.5, 0.6) is 0 Å². The van der Waals surface area contributed by atoms with E-state index in [9.17, 15) is 4.79 Å². The Hall–Kier alpha value is -0.513. The summed E-state index contributed by atoms with van der Waals surface area (Å²) in [4.78, 5) is 12.1.